The van der Waals surface area contributed by atoms with Crippen molar-refractivity contribution in [2.24, 2.45) is 0 Å². The summed E-state index contributed by atoms with van der Waals surface area (Å²) < 4.78 is 5.56. The van der Waals surface area contributed by atoms with E-state index in [0.29, 0.717) is 13.2 Å². The Morgan fingerprint density at radius 1 is 0.903 bits per heavy atom. The largest absolute Gasteiger partial charge is 0.378 e. The first-order chi connectivity index (χ1) is 15.4. The summed E-state index contributed by atoms with van der Waals surface area (Å²) in [4.78, 5) is 16.3. The molecule has 0 spiro atoms. The van der Waals surface area contributed by atoms with Crippen LogP contribution in [-0.4, -0.2) is 51.5 Å². The number of nitrogens with zero attached hydrogens (tertiary/aromatic N) is 5. The minimum Gasteiger partial charge on any atom is -0.378 e. The van der Waals surface area contributed by atoms with Gasteiger partial charge in [0.15, 0.2) is 0 Å². The van der Waals surface area contributed by atoms with Crippen LogP contribution in [0.4, 0.5) is 5.82 Å². The first-order valence-electron chi connectivity index (χ1n) is 10.3. The van der Waals surface area contributed by atoms with Crippen LogP contribution in [0.1, 0.15) is 0 Å². The maximum atomic E-state index is 5.56. The maximum Gasteiger partial charge on any atom is 0.130 e. The molecule has 1 fully saturated rings. The Hall–Kier alpha value is -3.84. The zero-order chi connectivity index (χ0) is 20.6. The molecule has 1 aromatic carbocycles. The number of morpholine rings is 1. The summed E-state index contributed by atoms with van der Waals surface area (Å²) in [7, 11) is 0. The lowest BCUT2D eigenvalue weighted by molar-refractivity contribution is 0.122. The predicted molar refractivity (Wildman–Crippen MR) is 121 cm³/mol. The van der Waals surface area contributed by atoms with E-state index in [1.807, 2.05) is 30.7 Å². The molecule has 7 heteroatoms. The third-order valence-electron chi connectivity index (χ3n) is 5.78. The average molecular weight is 408 g/mol. The van der Waals surface area contributed by atoms with Gasteiger partial charge >= 0.3 is 0 Å². The van der Waals surface area contributed by atoms with Gasteiger partial charge in [0.05, 0.1) is 18.9 Å². The van der Waals surface area contributed by atoms with Crippen molar-refractivity contribution < 1.29 is 4.74 Å². The van der Waals surface area contributed by atoms with Gasteiger partial charge in [0.2, 0.25) is 0 Å². The molecule has 0 radical (unpaired) electrons. The number of rotatable bonds is 3. The Morgan fingerprint density at radius 2 is 1.81 bits per heavy atom. The molecule has 6 rings (SSSR count). The normalized spacial score (nSPS) is 14.4. The predicted octanol–water partition coefficient (Wildman–Crippen LogP) is 4.07. The van der Waals surface area contributed by atoms with Crippen molar-refractivity contribution in [2.45, 2.75) is 0 Å². The number of fused-ring (bicyclic) bond motifs is 2. The first kappa shape index (κ1) is 18.0. The van der Waals surface area contributed by atoms with Gasteiger partial charge in [0.1, 0.15) is 17.0 Å². The zero-order valence-electron chi connectivity index (χ0n) is 16.8. The fourth-order valence-corrected chi connectivity index (χ4v) is 4.26. The van der Waals surface area contributed by atoms with E-state index in [9.17, 15) is 0 Å². The number of aromatic amines is 1. The standard InChI is InChI=1S/C24H20N6O/c1-2-16-15-25-7-4-17(16)18(3-1)20-14-22(30-10-12-31-13-11-30)28-23-19(20)5-8-26-24(23)21-6-9-27-29-21/h1-9,14-15H,10-13H2,(H,27,29). The van der Waals surface area contributed by atoms with Gasteiger partial charge in [-0.15, -0.1) is 0 Å². The molecule has 0 aliphatic carbocycles. The van der Waals surface area contributed by atoms with E-state index in [1.165, 1.54) is 0 Å². The monoisotopic (exact) mass is 408 g/mol. The smallest absolute Gasteiger partial charge is 0.130 e. The zero-order valence-corrected chi connectivity index (χ0v) is 16.8. The van der Waals surface area contributed by atoms with E-state index >= 15 is 0 Å². The van der Waals surface area contributed by atoms with Crippen LogP contribution in [-0.2, 0) is 4.74 Å². The SMILES string of the molecule is c1cc(-c2cc(N3CCOCC3)nc3c(-c4ccn[nH]4)nccc23)c2ccncc2c1. The molecule has 0 unspecified atom stereocenters. The van der Waals surface area contributed by atoms with Gasteiger partial charge in [0, 0.05) is 48.6 Å². The highest BCUT2D eigenvalue weighted by atomic mass is 16.5. The van der Waals surface area contributed by atoms with Crippen LogP contribution in [0, 0.1) is 0 Å². The number of nitrogens with one attached hydrogen (secondary N) is 1. The van der Waals surface area contributed by atoms with E-state index in [-0.39, 0.29) is 0 Å². The minimum atomic E-state index is 0.704. The molecule has 0 amide bonds. The summed E-state index contributed by atoms with van der Waals surface area (Å²) in [6, 6.07) is 14.6. The topological polar surface area (TPSA) is 79.8 Å². The van der Waals surface area contributed by atoms with Crippen molar-refractivity contribution in [3.8, 4) is 22.5 Å². The number of pyridine rings is 3. The highest BCUT2D eigenvalue weighted by Crippen LogP contribution is 2.37. The maximum absolute atomic E-state index is 5.56. The highest BCUT2D eigenvalue weighted by Gasteiger charge is 2.19. The summed E-state index contributed by atoms with van der Waals surface area (Å²) in [6.07, 6.45) is 7.32. The van der Waals surface area contributed by atoms with E-state index in [4.69, 9.17) is 9.72 Å². The van der Waals surface area contributed by atoms with Gasteiger partial charge in [0.25, 0.3) is 0 Å². The van der Waals surface area contributed by atoms with E-state index in [0.717, 1.165) is 63.1 Å². The summed E-state index contributed by atoms with van der Waals surface area (Å²) in [5.74, 6) is 0.936. The highest BCUT2D eigenvalue weighted by molar-refractivity contribution is 6.07. The molecule has 1 N–H and O–H groups in total. The number of ether oxygens (including phenoxy) is 1. The lowest BCUT2D eigenvalue weighted by atomic mass is 9.96. The van der Waals surface area contributed by atoms with Crippen LogP contribution in [0.3, 0.4) is 0 Å². The molecule has 5 aromatic rings. The quantitative estimate of drug-likeness (QED) is 0.485. The fourth-order valence-electron chi connectivity index (χ4n) is 4.26. The van der Waals surface area contributed by atoms with Crippen molar-refractivity contribution in [1.82, 2.24) is 25.1 Å². The van der Waals surface area contributed by atoms with Gasteiger partial charge in [-0.2, -0.15) is 5.10 Å². The van der Waals surface area contributed by atoms with Gasteiger partial charge in [-0.05, 0) is 40.8 Å². The Balaban J connectivity index is 1.67. The van der Waals surface area contributed by atoms with Gasteiger partial charge in [-0.3, -0.25) is 15.1 Å². The molecule has 7 nitrogen and oxygen atoms in total. The molecular weight excluding hydrogens is 388 g/mol. The second kappa shape index (κ2) is 7.45. The summed E-state index contributed by atoms with van der Waals surface area (Å²) in [6.45, 7) is 3.04. The molecule has 4 aromatic heterocycles. The van der Waals surface area contributed by atoms with Crippen molar-refractivity contribution in [3.63, 3.8) is 0 Å². The number of anilines is 1. The van der Waals surface area contributed by atoms with E-state index in [2.05, 4.69) is 55.4 Å². The molecule has 5 heterocycles. The van der Waals surface area contributed by atoms with Crippen molar-refractivity contribution in [2.75, 3.05) is 31.2 Å². The summed E-state index contributed by atoms with van der Waals surface area (Å²) >= 11 is 0. The second-order valence-electron chi connectivity index (χ2n) is 7.56. The molecule has 1 aliphatic heterocycles. The molecule has 0 saturated carbocycles. The molecule has 0 bridgehead atoms. The minimum absolute atomic E-state index is 0.704. The molecule has 1 aliphatic rings. The third-order valence-corrected chi connectivity index (χ3v) is 5.78. The Kier molecular flexibility index (Phi) is 4.32. The van der Waals surface area contributed by atoms with E-state index < -0.39 is 0 Å². The number of hydrogen-bond donors (Lipinski definition) is 1. The van der Waals surface area contributed by atoms with Crippen LogP contribution < -0.4 is 4.90 Å². The summed E-state index contributed by atoms with van der Waals surface area (Å²) in [5.41, 5.74) is 4.80. The Bertz CT molecular complexity index is 1370. The second-order valence-corrected chi connectivity index (χ2v) is 7.56. The number of H-pyrrole nitrogens is 1. The van der Waals surface area contributed by atoms with Gasteiger partial charge in [-0.25, -0.2) is 4.98 Å². The lowest BCUT2D eigenvalue weighted by Crippen LogP contribution is -2.36. The van der Waals surface area contributed by atoms with Crippen molar-refractivity contribution in [1.29, 1.82) is 0 Å². The van der Waals surface area contributed by atoms with Crippen molar-refractivity contribution >= 4 is 27.5 Å². The van der Waals surface area contributed by atoms with Gasteiger partial charge < -0.3 is 9.64 Å². The number of hydrogen-bond acceptors (Lipinski definition) is 6. The number of aromatic nitrogens is 5. The molecule has 0 atom stereocenters. The van der Waals surface area contributed by atoms with E-state index in [1.54, 1.807) is 6.20 Å². The van der Waals surface area contributed by atoms with Crippen LogP contribution in [0.15, 0.2) is 67.3 Å². The Labute approximate surface area is 178 Å². The number of benzene rings is 1. The first-order valence-corrected chi connectivity index (χ1v) is 10.3. The van der Waals surface area contributed by atoms with Crippen LogP contribution >= 0.6 is 0 Å². The molecule has 1 saturated heterocycles. The lowest BCUT2D eigenvalue weighted by Gasteiger charge is -2.28. The van der Waals surface area contributed by atoms with Crippen LogP contribution in [0.5, 0.6) is 0 Å². The summed E-state index contributed by atoms with van der Waals surface area (Å²) in [5, 5.41) is 10.5. The average Bonchev–Trinajstić information content (AvgIpc) is 3.38. The fraction of sp³-hybridized carbons (Fsp3) is 0.167. The van der Waals surface area contributed by atoms with Gasteiger partial charge in [-0.1, -0.05) is 18.2 Å². The Morgan fingerprint density at radius 3 is 2.68 bits per heavy atom. The molecule has 31 heavy (non-hydrogen) atoms. The molecular formula is C24H20N6O. The van der Waals surface area contributed by atoms with Crippen molar-refractivity contribution in [3.05, 3.63) is 67.3 Å². The molecule has 152 valence electrons. The van der Waals surface area contributed by atoms with Crippen LogP contribution in [0.2, 0.25) is 0 Å². The van der Waals surface area contributed by atoms with Crippen LogP contribution in [0.25, 0.3) is 44.2 Å². The third kappa shape index (κ3) is 3.10.